The molecule has 0 spiro atoms. The summed E-state index contributed by atoms with van der Waals surface area (Å²) in [6.45, 7) is 9.71. The van der Waals surface area contributed by atoms with Crippen molar-refractivity contribution in [1.29, 1.82) is 0 Å². The summed E-state index contributed by atoms with van der Waals surface area (Å²) in [5.41, 5.74) is 5.81. The van der Waals surface area contributed by atoms with Gasteiger partial charge in [0.15, 0.2) is 0 Å². The molecule has 1 aromatic carbocycles. The van der Waals surface area contributed by atoms with E-state index in [0.717, 1.165) is 5.56 Å². The third kappa shape index (κ3) is 13.4. The van der Waals surface area contributed by atoms with Crippen molar-refractivity contribution in [2.45, 2.75) is 83.4 Å². The minimum absolute atomic E-state index is 0.00984. The van der Waals surface area contributed by atoms with Crippen LogP contribution >= 0.6 is 0 Å². The Kier molecular flexibility index (Phi) is 13.5. The molecule has 3 atom stereocenters. The van der Waals surface area contributed by atoms with Crippen molar-refractivity contribution in [2.75, 3.05) is 13.1 Å². The van der Waals surface area contributed by atoms with Gasteiger partial charge in [0.2, 0.25) is 17.8 Å². The molecule has 0 aliphatic carbocycles. The number of sulfonamides is 1. The highest BCUT2D eigenvalue weighted by Crippen LogP contribution is 2.12. The molecule has 0 fully saturated rings. The highest BCUT2D eigenvalue weighted by Gasteiger charge is 2.31. The summed E-state index contributed by atoms with van der Waals surface area (Å²) in [7, 11) is -3.94. The van der Waals surface area contributed by atoms with Crippen LogP contribution in [0.3, 0.4) is 0 Å². The van der Waals surface area contributed by atoms with Gasteiger partial charge in [0, 0.05) is 6.54 Å². The molecule has 0 heterocycles. The topological polar surface area (TPSA) is 218 Å². The molecule has 0 aliphatic rings. The summed E-state index contributed by atoms with van der Waals surface area (Å²) in [5, 5.41) is 16.2. The van der Waals surface area contributed by atoms with Crippen LogP contribution in [0.5, 0.6) is 0 Å². The van der Waals surface area contributed by atoms with Crippen molar-refractivity contribution >= 4 is 39.9 Å². The fourth-order valence-electron chi connectivity index (χ4n) is 3.39. The van der Waals surface area contributed by atoms with E-state index in [9.17, 15) is 27.6 Å². The number of nitrogens with zero attached hydrogens (tertiary/aromatic N) is 1. The van der Waals surface area contributed by atoms with Gasteiger partial charge in [-0.3, -0.25) is 19.4 Å². The quantitative estimate of drug-likeness (QED) is 0.102. The van der Waals surface area contributed by atoms with Crippen LogP contribution in [0.4, 0.5) is 4.79 Å². The maximum atomic E-state index is 13.2. The second-order valence-corrected chi connectivity index (χ2v) is 12.2. The van der Waals surface area contributed by atoms with Crippen LogP contribution in [-0.4, -0.2) is 74.1 Å². The first-order valence-corrected chi connectivity index (χ1v) is 14.6. The molecule has 0 radical (unpaired) electrons. The highest BCUT2D eigenvalue weighted by atomic mass is 32.2. The van der Waals surface area contributed by atoms with E-state index in [1.807, 2.05) is 6.92 Å². The Morgan fingerprint density at radius 2 is 1.68 bits per heavy atom. The number of ether oxygens (including phenoxy) is 1. The molecule has 14 nitrogen and oxygen atoms in total. The van der Waals surface area contributed by atoms with Gasteiger partial charge in [-0.15, -0.1) is 0 Å². The molecule has 0 aliphatic heterocycles. The zero-order chi connectivity index (χ0) is 31.4. The third-order valence-corrected chi connectivity index (χ3v) is 7.09. The van der Waals surface area contributed by atoms with Crippen molar-refractivity contribution in [3.63, 3.8) is 0 Å². The van der Waals surface area contributed by atoms with Crippen LogP contribution < -0.4 is 26.4 Å². The predicted molar refractivity (Wildman–Crippen MR) is 152 cm³/mol. The van der Waals surface area contributed by atoms with Gasteiger partial charge in [-0.05, 0) is 58.6 Å². The monoisotopic (exact) mass is 598 g/mol. The van der Waals surface area contributed by atoms with Crippen molar-refractivity contribution in [1.82, 2.24) is 20.7 Å². The van der Waals surface area contributed by atoms with Crippen molar-refractivity contribution in [3.8, 4) is 0 Å². The van der Waals surface area contributed by atoms with Crippen LogP contribution in [0.2, 0.25) is 0 Å². The van der Waals surface area contributed by atoms with Gasteiger partial charge in [0.1, 0.15) is 24.2 Å². The zero-order valence-electron chi connectivity index (χ0n) is 24.3. The molecular formula is C26H42N6O8S. The van der Waals surface area contributed by atoms with Crippen LogP contribution in [0.1, 0.15) is 59.4 Å². The van der Waals surface area contributed by atoms with E-state index in [-0.39, 0.29) is 36.2 Å². The number of nitrogens with two attached hydrogens (primary N) is 1. The fourth-order valence-corrected chi connectivity index (χ4v) is 4.34. The van der Waals surface area contributed by atoms with Crippen LogP contribution in [-0.2, 0) is 29.1 Å². The molecule has 0 unspecified atom stereocenters. The maximum Gasteiger partial charge on any atom is 0.408 e. The molecular weight excluding hydrogens is 556 g/mol. The molecule has 0 aromatic heterocycles. The summed E-state index contributed by atoms with van der Waals surface area (Å²) >= 11 is 0. The number of nitrogens with one attached hydrogen (secondary N) is 4. The number of hydrogen-bond donors (Lipinski definition) is 6. The summed E-state index contributed by atoms with van der Waals surface area (Å²) in [5.74, 6) is -3.30. The van der Waals surface area contributed by atoms with E-state index in [4.69, 9.17) is 15.6 Å². The smallest absolute Gasteiger partial charge is 0.408 e. The average Bonchev–Trinajstić information content (AvgIpc) is 2.85. The second kappa shape index (κ2) is 15.8. The number of carbonyl (C=O) groups excluding carboxylic acids is 3. The molecule has 0 saturated heterocycles. The first-order valence-electron chi connectivity index (χ1n) is 13.1. The second-order valence-electron chi connectivity index (χ2n) is 10.5. The number of aliphatic imine (C=N–C) groups is 1. The lowest BCUT2D eigenvalue weighted by Crippen LogP contribution is -2.56. The molecule has 1 rings (SSSR count). The largest absolute Gasteiger partial charge is 0.480 e. The Hall–Kier alpha value is -3.88. The number of benzene rings is 1. The Morgan fingerprint density at radius 3 is 2.22 bits per heavy atom. The highest BCUT2D eigenvalue weighted by molar-refractivity contribution is 7.90. The number of carbonyl (C=O) groups is 4. The van der Waals surface area contributed by atoms with Crippen LogP contribution in [0.25, 0.3) is 0 Å². The van der Waals surface area contributed by atoms with Gasteiger partial charge in [0.05, 0.1) is 4.90 Å². The summed E-state index contributed by atoms with van der Waals surface area (Å²) in [4.78, 5) is 53.1. The first kappa shape index (κ1) is 35.1. The summed E-state index contributed by atoms with van der Waals surface area (Å²) in [6.07, 6.45) is -0.125. The molecule has 230 valence electrons. The van der Waals surface area contributed by atoms with Crippen LogP contribution in [0.15, 0.2) is 34.2 Å². The van der Waals surface area contributed by atoms with E-state index < -0.39 is 58.1 Å². The molecule has 3 amide bonds. The Labute approximate surface area is 240 Å². The van der Waals surface area contributed by atoms with Gasteiger partial charge in [-0.25, -0.2) is 17.9 Å². The SMILES string of the molecule is CC[C@H](C)[C@H](NC(=O)[C@H](CCCN=C(N)NS(=O)(=O)c1ccc(C)cc1)NC(=O)OC(C)(C)C)C(=O)NCC(=O)O. The number of hydrogen-bond acceptors (Lipinski definition) is 8. The minimum Gasteiger partial charge on any atom is -0.480 e. The van der Waals surface area contributed by atoms with Gasteiger partial charge < -0.3 is 31.5 Å². The molecule has 7 N–H and O–H groups in total. The maximum absolute atomic E-state index is 13.2. The zero-order valence-corrected chi connectivity index (χ0v) is 25.1. The lowest BCUT2D eigenvalue weighted by atomic mass is 9.97. The number of carboxylic acids is 1. The summed E-state index contributed by atoms with van der Waals surface area (Å²) < 4.78 is 32.4. The fraction of sp³-hybridized carbons (Fsp3) is 0.577. The Balaban J connectivity index is 2.96. The van der Waals surface area contributed by atoms with Gasteiger partial charge in [-0.2, -0.15) is 0 Å². The lowest BCUT2D eigenvalue weighted by molar-refractivity contribution is -0.138. The summed E-state index contributed by atoms with van der Waals surface area (Å²) in [6, 6.07) is 3.96. The van der Waals surface area contributed by atoms with Gasteiger partial charge in [-0.1, -0.05) is 38.0 Å². The number of amides is 3. The molecule has 0 bridgehead atoms. The minimum atomic E-state index is -3.94. The number of guanidine groups is 1. The molecule has 41 heavy (non-hydrogen) atoms. The number of aryl methyl sites for hydroxylation is 1. The normalized spacial score (nSPS) is 14.2. The van der Waals surface area contributed by atoms with Gasteiger partial charge >= 0.3 is 12.1 Å². The van der Waals surface area contributed by atoms with Crippen LogP contribution in [0, 0.1) is 12.8 Å². The van der Waals surface area contributed by atoms with Crippen molar-refractivity contribution in [2.24, 2.45) is 16.6 Å². The number of aliphatic carboxylic acids is 1. The standard InChI is InChI=1S/C26H42N6O8S/c1-7-17(3)21(23(36)29-15-20(33)34)31-22(35)19(30-25(37)40-26(4,5)6)9-8-14-28-24(27)32-41(38,39)18-12-10-16(2)11-13-18/h10-13,17,19,21H,7-9,14-15H2,1-6H3,(H,29,36)(H,30,37)(H,31,35)(H,33,34)(H3,27,28,32)/t17-,19-,21-/m0/s1. The average molecular weight is 599 g/mol. The Morgan fingerprint density at radius 1 is 1.07 bits per heavy atom. The van der Waals surface area contributed by atoms with Gasteiger partial charge in [0.25, 0.3) is 10.0 Å². The number of carboxylic acid groups (broad SMARTS) is 1. The molecule has 15 heteroatoms. The molecule has 0 saturated carbocycles. The van der Waals surface area contributed by atoms with E-state index in [0.29, 0.717) is 6.42 Å². The van der Waals surface area contributed by atoms with E-state index in [1.165, 1.54) is 12.1 Å². The van der Waals surface area contributed by atoms with Crippen molar-refractivity contribution < 1.29 is 37.4 Å². The molecule has 1 aromatic rings. The first-order chi connectivity index (χ1) is 18.9. The van der Waals surface area contributed by atoms with Crippen molar-refractivity contribution in [3.05, 3.63) is 29.8 Å². The van der Waals surface area contributed by atoms with E-state index >= 15 is 0 Å². The lowest BCUT2D eigenvalue weighted by Gasteiger charge is -2.27. The van der Waals surface area contributed by atoms with E-state index in [1.54, 1.807) is 46.8 Å². The Bertz CT molecular complexity index is 1200. The number of alkyl carbamates (subject to hydrolysis) is 1. The third-order valence-electron chi connectivity index (χ3n) is 5.72. The number of rotatable bonds is 14. The predicted octanol–water partition coefficient (Wildman–Crippen LogP) is 0.993. The van der Waals surface area contributed by atoms with E-state index in [2.05, 4.69) is 25.7 Å².